The molecule has 0 saturated carbocycles. The van der Waals surface area contributed by atoms with Crippen molar-refractivity contribution >= 4 is 11.8 Å². The highest BCUT2D eigenvalue weighted by Gasteiger charge is 2.43. The Labute approximate surface area is 232 Å². The second-order valence-corrected chi connectivity index (χ2v) is 10.8. The maximum Gasteiger partial charge on any atom is 0.416 e. The van der Waals surface area contributed by atoms with Crippen LogP contribution < -0.4 is 5.32 Å². The topological polar surface area (TPSA) is 69.6 Å². The Hall–Kier alpha value is -3.86. The fourth-order valence-corrected chi connectivity index (χ4v) is 5.15. The molecule has 0 radical (unpaired) electrons. The molecule has 1 heterocycles. The number of hydrogen-bond donors (Lipinski definition) is 2. The zero-order valence-electron chi connectivity index (χ0n) is 22.2. The average Bonchev–Trinajstić information content (AvgIpc) is 3.25. The predicted molar refractivity (Wildman–Crippen MR) is 140 cm³/mol. The van der Waals surface area contributed by atoms with Gasteiger partial charge in [0, 0.05) is 12.1 Å². The van der Waals surface area contributed by atoms with Crippen LogP contribution in [0.25, 0.3) is 11.1 Å². The van der Waals surface area contributed by atoms with Gasteiger partial charge >= 0.3 is 12.4 Å². The number of amides is 2. The second-order valence-electron chi connectivity index (χ2n) is 10.8. The minimum atomic E-state index is -4.70. The van der Waals surface area contributed by atoms with E-state index in [1.807, 2.05) is 13.8 Å². The molecular weight excluding hydrogens is 550 g/mol. The monoisotopic (exact) mass is 578 g/mol. The number of alkyl halides is 6. The summed E-state index contributed by atoms with van der Waals surface area (Å²) in [4.78, 5) is 28.8. The summed E-state index contributed by atoms with van der Waals surface area (Å²) in [5.74, 6) is -1.50. The number of aliphatic hydroxyl groups is 1. The second kappa shape index (κ2) is 11.2. The number of nitrogens with zero attached hydrogens (tertiary/aromatic N) is 1. The first-order chi connectivity index (χ1) is 19.1. The van der Waals surface area contributed by atoms with Crippen LogP contribution >= 0.6 is 0 Å². The number of halogens is 6. The molecule has 218 valence electrons. The Morgan fingerprint density at radius 3 is 2.17 bits per heavy atom. The van der Waals surface area contributed by atoms with Crippen LogP contribution in [0.1, 0.15) is 53.4 Å². The van der Waals surface area contributed by atoms with E-state index in [0.29, 0.717) is 12.0 Å². The SMILES string of the molecule is CC1(C)C[C@H](CO)N(C(=O)C(NC(=O)c2ccccc2-c2ccc(C(F)(F)F)cc2)c2cccc(C(F)(F)F)c2)C1. The first kappa shape index (κ1) is 30.1. The molecule has 2 amide bonds. The summed E-state index contributed by atoms with van der Waals surface area (Å²) in [7, 11) is 0. The van der Waals surface area contributed by atoms with Gasteiger partial charge in [0.25, 0.3) is 5.91 Å². The van der Waals surface area contributed by atoms with E-state index in [0.717, 1.165) is 30.3 Å². The summed E-state index contributed by atoms with van der Waals surface area (Å²) < 4.78 is 79.8. The highest BCUT2D eigenvalue weighted by atomic mass is 19.4. The lowest BCUT2D eigenvalue weighted by Gasteiger charge is -2.29. The van der Waals surface area contributed by atoms with Crippen molar-refractivity contribution in [2.75, 3.05) is 13.2 Å². The number of likely N-dealkylation sites (tertiary alicyclic amines) is 1. The lowest BCUT2D eigenvalue weighted by molar-refractivity contribution is -0.138. The van der Waals surface area contributed by atoms with Gasteiger partial charge in [0.2, 0.25) is 5.91 Å². The van der Waals surface area contributed by atoms with E-state index < -0.39 is 47.4 Å². The van der Waals surface area contributed by atoms with Gasteiger partial charge in [-0.3, -0.25) is 9.59 Å². The minimum Gasteiger partial charge on any atom is -0.394 e. The van der Waals surface area contributed by atoms with Crippen LogP contribution in [0.4, 0.5) is 26.3 Å². The molecular formula is C30H28F6N2O3. The normalized spacial score (nSPS) is 17.8. The minimum absolute atomic E-state index is 0.0116. The van der Waals surface area contributed by atoms with E-state index in [4.69, 9.17) is 0 Å². The van der Waals surface area contributed by atoms with Gasteiger partial charge in [0.15, 0.2) is 0 Å². The van der Waals surface area contributed by atoms with Crippen molar-refractivity contribution in [3.63, 3.8) is 0 Å². The fourth-order valence-electron chi connectivity index (χ4n) is 5.15. The molecule has 3 aromatic rings. The Bertz CT molecular complexity index is 1420. The molecule has 0 bridgehead atoms. The molecule has 41 heavy (non-hydrogen) atoms. The molecule has 2 N–H and O–H groups in total. The smallest absolute Gasteiger partial charge is 0.394 e. The van der Waals surface area contributed by atoms with Crippen molar-refractivity contribution in [2.45, 2.75) is 44.7 Å². The molecule has 5 nitrogen and oxygen atoms in total. The lowest BCUT2D eigenvalue weighted by Crippen LogP contribution is -2.46. The predicted octanol–water partition coefficient (Wildman–Crippen LogP) is 6.48. The van der Waals surface area contributed by atoms with Crippen LogP contribution in [0, 0.1) is 5.41 Å². The average molecular weight is 579 g/mol. The molecule has 3 aromatic carbocycles. The zero-order valence-corrected chi connectivity index (χ0v) is 22.2. The van der Waals surface area contributed by atoms with Crippen molar-refractivity contribution < 1.29 is 41.0 Å². The van der Waals surface area contributed by atoms with E-state index in [9.17, 15) is 41.0 Å². The lowest BCUT2D eigenvalue weighted by atomic mass is 9.91. The van der Waals surface area contributed by atoms with Crippen LogP contribution in [0.5, 0.6) is 0 Å². The van der Waals surface area contributed by atoms with E-state index in [1.54, 1.807) is 6.07 Å². The fraction of sp³-hybridized carbons (Fsp3) is 0.333. The highest BCUT2D eigenvalue weighted by molar-refractivity contribution is 6.03. The number of carbonyl (C=O) groups excluding carboxylic acids is 2. The maximum absolute atomic E-state index is 13.8. The zero-order chi connectivity index (χ0) is 30.2. The van der Waals surface area contributed by atoms with Gasteiger partial charge in [-0.25, -0.2) is 0 Å². The first-order valence-corrected chi connectivity index (χ1v) is 12.8. The van der Waals surface area contributed by atoms with Crippen LogP contribution in [0.2, 0.25) is 0 Å². The summed E-state index contributed by atoms with van der Waals surface area (Å²) >= 11 is 0. The summed E-state index contributed by atoms with van der Waals surface area (Å²) in [5, 5.41) is 12.5. The van der Waals surface area contributed by atoms with E-state index in [-0.39, 0.29) is 35.3 Å². The van der Waals surface area contributed by atoms with Gasteiger partial charge in [-0.1, -0.05) is 56.3 Å². The van der Waals surface area contributed by atoms with Gasteiger partial charge in [-0.2, -0.15) is 26.3 Å². The summed E-state index contributed by atoms with van der Waals surface area (Å²) in [6.07, 6.45) is -8.80. The van der Waals surface area contributed by atoms with E-state index in [1.165, 1.54) is 41.3 Å². The van der Waals surface area contributed by atoms with E-state index >= 15 is 0 Å². The molecule has 2 atom stereocenters. The molecule has 1 fully saturated rings. The molecule has 1 aliphatic heterocycles. The summed E-state index contributed by atoms with van der Waals surface area (Å²) in [5.41, 5.74) is -1.78. The molecule has 1 aliphatic rings. The molecule has 11 heteroatoms. The van der Waals surface area contributed by atoms with Gasteiger partial charge in [-0.05, 0) is 58.9 Å². The number of rotatable bonds is 6. The molecule has 4 rings (SSSR count). The van der Waals surface area contributed by atoms with Crippen molar-refractivity contribution in [1.82, 2.24) is 10.2 Å². The quantitative estimate of drug-likeness (QED) is 0.329. The first-order valence-electron chi connectivity index (χ1n) is 12.8. The Morgan fingerprint density at radius 1 is 0.927 bits per heavy atom. The molecule has 1 unspecified atom stereocenters. The standard InChI is InChI=1S/C30H28F6N2O3/c1-28(2)15-22(16-39)38(17-28)27(41)25(19-6-5-7-21(14-19)30(34,35)36)37-26(40)24-9-4-3-8-23(24)18-10-12-20(13-11-18)29(31,32)33/h3-14,22,25,39H,15-17H2,1-2H3,(H,37,40)/t22-,25?/m1/s1. The van der Waals surface area contributed by atoms with Crippen molar-refractivity contribution in [2.24, 2.45) is 5.41 Å². The van der Waals surface area contributed by atoms with Crippen LogP contribution in [-0.4, -0.2) is 41.0 Å². The molecule has 1 saturated heterocycles. The Morgan fingerprint density at radius 2 is 1.56 bits per heavy atom. The third kappa shape index (κ3) is 6.73. The van der Waals surface area contributed by atoms with Gasteiger partial charge in [0.05, 0.1) is 23.8 Å². The van der Waals surface area contributed by atoms with E-state index in [2.05, 4.69) is 5.32 Å². The molecule has 0 spiro atoms. The number of benzene rings is 3. The van der Waals surface area contributed by atoms with Crippen molar-refractivity contribution in [3.8, 4) is 11.1 Å². The third-order valence-electron chi connectivity index (χ3n) is 7.09. The van der Waals surface area contributed by atoms with Crippen LogP contribution in [0.15, 0.2) is 72.8 Å². The van der Waals surface area contributed by atoms with Gasteiger partial charge in [-0.15, -0.1) is 0 Å². The van der Waals surface area contributed by atoms with Gasteiger partial charge < -0.3 is 15.3 Å². The highest BCUT2D eigenvalue weighted by Crippen LogP contribution is 2.37. The number of nitrogens with one attached hydrogen (secondary N) is 1. The number of carbonyl (C=O) groups is 2. The Kier molecular flexibility index (Phi) is 8.22. The maximum atomic E-state index is 13.8. The van der Waals surface area contributed by atoms with Crippen molar-refractivity contribution in [3.05, 3.63) is 95.1 Å². The third-order valence-corrected chi connectivity index (χ3v) is 7.09. The van der Waals surface area contributed by atoms with Crippen LogP contribution in [0.3, 0.4) is 0 Å². The van der Waals surface area contributed by atoms with Crippen molar-refractivity contribution in [1.29, 1.82) is 0 Å². The molecule has 0 aliphatic carbocycles. The number of hydrogen-bond acceptors (Lipinski definition) is 3. The Balaban J connectivity index is 1.73. The molecule has 0 aromatic heterocycles. The largest absolute Gasteiger partial charge is 0.416 e. The summed E-state index contributed by atoms with van der Waals surface area (Å²) in [6.45, 7) is 3.63. The van der Waals surface area contributed by atoms with Crippen LogP contribution in [-0.2, 0) is 17.1 Å². The summed E-state index contributed by atoms with van der Waals surface area (Å²) in [6, 6.07) is 12.2. The number of aliphatic hydroxyl groups excluding tert-OH is 1. The van der Waals surface area contributed by atoms with Gasteiger partial charge in [0.1, 0.15) is 6.04 Å².